The van der Waals surface area contributed by atoms with E-state index in [-0.39, 0.29) is 12.3 Å². The van der Waals surface area contributed by atoms with Crippen molar-refractivity contribution >= 4 is 21.6 Å². The average Bonchev–Trinajstić information content (AvgIpc) is 2.58. The highest BCUT2D eigenvalue weighted by atomic mass is 35.5. The number of ether oxygens (including phenoxy) is 2. The summed E-state index contributed by atoms with van der Waals surface area (Å²) in [6.07, 6.45) is -1.02. The minimum absolute atomic E-state index is 0.154. The fourth-order valence-corrected chi connectivity index (χ4v) is 3.63. The number of nitrogens with one attached hydrogen (secondary N) is 1. The molecule has 0 aromatic heterocycles. The zero-order valence-electron chi connectivity index (χ0n) is 13.9. The fourth-order valence-electron chi connectivity index (χ4n) is 2.28. The number of methoxy groups -OCH3 is 2. The van der Waals surface area contributed by atoms with Crippen molar-refractivity contribution in [1.29, 1.82) is 0 Å². The standard InChI is InChI=1S/C17H20ClNO5S/c1-23-16-7-6-13(9-17(16)24-2)15(20)10-19-25(21,22)11-12-4-3-5-14(18)8-12/h3-9,15,19-20H,10-11H2,1-2H3. The van der Waals surface area contributed by atoms with Crippen molar-refractivity contribution in [2.75, 3.05) is 20.8 Å². The number of benzene rings is 2. The van der Waals surface area contributed by atoms with E-state index in [9.17, 15) is 13.5 Å². The van der Waals surface area contributed by atoms with Gasteiger partial charge < -0.3 is 14.6 Å². The average molecular weight is 386 g/mol. The van der Waals surface area contributed by atoms with Crippen molar-refractivity contribution in [1.82, 2.24) is 4.72 Å². The SMILES string of the molecule is COc1ccc(C(O)CNS(=O)(=O)Cc2cccc(Cl)c2)cc1OC. The van der Waals surface area contributed by atoms with Gasteiger partial charge in [0.25, 0.3) is 0 Å². The molecule has 0 saturated carbocycles. The second-order valence-corrected chi connectivity index (χ2v) is 7.61. The molecule has 2 rings (SSSR count). The molecule has 136 valence electrons. The first-order valence-corrected chi connectivity index (χ1v) is 9.49. The molecule has 0 amide bonds. The Bertz CT molecular complexity index is 826. The topological polar surface area (TPSA) is 84.9 Å². The summed E-state index contributed by atoms with van der Waals surface area (Å²) in [6, 6.07) is 11.5. The molecular formula is C17H20ClNO5S. The number of hydrogen-bond donors (Lipinski definition) is 2. The lowest BCUT2D eigenvalue weighted by Crippen LogP contribution is -2.29. The van der Waals surface area contributed by atoms with E-state index in [1.54, 1.807) is 42.5 Å². The second kappa shape index (κ2) is 8.53. The van der Waals surface area contributed by atoms with Crippen LogP contribution in [-0.4, -0.2) is 34.3 Å². The summed E-state index contributed by atoms with van der Waals surface area (Å²) in [5, 5.41) is 10.7. The maximum Gasteiger partial charge on any atom is 0.215 e. The van der Waals surface area contributed by atoms with Gasteiger partial charge in [0.1, 0.15) is 0 Å². The van der Waals surface area contributed by atoms with Gasteiger partial charge in [-0.1, -0.05) is 29.8 Å². The van der Waals surface area contributed by atoms with Gasteiger partial charge >= 0.3 is 0 Å². The molecule has 8 heteroatoms. The van der Waals surface area contributed by atoms with Gasteiger partial charge in [-0.2, -0.15) is 0 Å². The summed E-state index contributed by atoms with van der Waals surface area (Å²) in [5.74, 6) is 0.771. The highest BCUT2D eigenvalue weighted by molar-refractivity contribution is 7.88. The third-order valence-corrected chi connectivity index (χ3v) is 5.09. The number of halogens is 1. The molecule has 1 atom stereocenters. The van der Waals surface area contributed by atoms with E-state index in [4.69, 9.17) is 21.1 Å². The number of aliphatic hydroxyl groups excluding tert-OH is 1. The van der Waals surface area contributed by atoms with Crippen molar-refractivity contribution in [3.05, 3.63) is 58.6 Å². The first-order valence-electron chi connectivity index (χ1n) is 7.46. The molecule has 2 aromatic rings. The summed E-state index contributed by atoms with van der Waals surface area (Å²) in [4.78, 5) is 0. The molecular weight excluding hydrogens is 366 g/mol. The van der Waals surface area contributed by atoms with E-state index in [0.717, 1.165) is 0 Å². The molecule has 25 heavy (non-hydrogen) atoms. The quantitative estimate of drug-likeness (QED) is 0.729. The summed E-state index contributed by atoms with van der Waals surface area (Å²) in [7, 11) is -0.608. The van der Waals surface area contributed by atoms with Crippen molar-refractivity contribution in [3.8, 4) is 11.5 Å². The maximum absolute atomic E-state index is 12.2. The molecule has 0 aliphatic carbocycles. The van der Waals surface area contributed by atoms with Crippen molar-refractivity contribution in [2.24, 2.45) is 0 Å². The van der Waals surface area contributed by atoms with Gasteiger partial charge in [0, 0.05) is 11.6 Å². The van der Waals surface area contributed by atoms with Crippen molar-refractivity contribution in [2.45, 2.75) is 11.9 Å². The molecule has 2 aromatic carbocycles. The normalized spacial score (nSPS) is 12.6. The fraction of sp³-hybridized carbons (Fsp3) is 0.294. The molecule has 0 spiro atoms. The minimum Gasteiger partial charge on any atom is -0.493 e. The van der Waals surface area contributed by atoms with Gasteiger partial charge in [0.05, 0.1) is 26.1 Å². The van der Waals surface area contributed by atoms with Crippen LogP contribution in [0.3, 0.4) is 0 Å². The third kappa shape index (κ3) is 5.61. The first-order chi connectivity index (χ1) is 11.8. The Hall–Kier alpha value is -1.80. The van der Waals surface area contributed by atoms with E-state index >= 15 is 0 Å². The molecule has 1 unspecified atom stereocenters. The van der Waals surface area contributed by atoms with Gasteiger partial charge in [-0.15, -0.1) is 0 Å². The van der Waals surface area contributed by atoms with Crippen LogP contribution in [0.5, 0.6) is 11.5 Å². The molecule has 0 bridgehead atoms. The predicted molar refractivity (Wildman–Crippen MR) is 96.6 cm³/mol. The molecule has 0 fully saturated rings. The zero-order valence-corrected chi connectivity index (χ0v) is 15.5. The lowest BCUT2D eigenvalue weighted by Gasteiger charge is -2.15. The highest BCUT2D eigenvalue weighted by Gasteiger charge is 2.17. The van der Waals surface area contributed by atoms with E-state index in [1.165, 1.54) is 14.2 Å². The lowest BCUT2D eigenvalue weighted by atomic mass is 10.1. The van der Waals surface area contributed by atoms with Crippen LogP contribution in [0.15, 0.2) is 42.5 Å². The van der Waals surface area contributed by atoms with Crippen LogP contribution < -0.4 is 14.2 Å². The smallest absolute Gasteiger partial charge is 0.215 e. The Morgan fingerprint density at radius 3 is 2.48 bits per heavy atom. The van der Waals surface area contributed by atoms with E-state index in [1.807, 2.05) is 0 Å². The highest BCUT2D eigenvalue weighted by Crippen LogP contribution is 2.29. The third-order valence-electron chi connectivity index (χ3n) is 3.53. The van der Waals surface area contributed by atoms with Crippen molar-refractivity contribution in [3.63, 3.8) is 0 Å². The number of rotatable bonds is 8. The Kier molecular flexibility index (Phi) is 6.66. The van der Waals surface area contributed by atoms with Gasteiger partial charge in [-0.05, 0) is 35.4 Å². The van der Waals surface area contributed by atoms with Gasteiger partial charge in [-0.25, -0.2) is 13.1 Å². The van der Waals surface area contributed by atoms with E-state index < -0.39 is 16.1 Å². The van der Waals surface area contributed by atoms with Gasteiger partial charge in [0.15, 0.2) is 11.5 Å². The molecule has 0 radical (unpaired) electrons. The first kappa shape index (κ1) is 19.5. The zero-order chi connectivity index (χ0) is 18.4. The summed E-state index contributed by atoms with van der Waals surface area (Å²) in [5.41, 5.74) is 1.09. The van der Waals surface area contributed by atoms with Crippen LogP contribution in [0, 0.1) is 0 Å². The predicted octanol–water partition coefficient (Wildman–Crippen LogP) is 2.51. The van der Waals surface area contributed by atoms with Crippen LogP contribution in [-0.2, 0) is 15.8 Å². The van der Waals surface area contributed by atoms with E-state index in [0.29, 0.717) is 27.6 Å². The Labute approximate surface area is 152 Å². The summed E-state index contributed by atoms with van der Waals surface area (Å²) >= 11 is 5.86. The van der Waals surface area contributed by atoms with Gasteiger partial charge in [0.2, 0.25) is 10.0 Å². The number of aliphatic hydroxyl groups is 1. The second-order valence-electron chi connectivity index (χ2n) is 5.37. The Morgan fingerprint density at radius 2 is 1.84 bits per heavy atom. The molecule has 2 N–H and O–H groups in total. The Balaban J connectivity index is 2.02. The lowest BCUT2D eigenvalue weighted by molar-refractivity contribution is 0.181. The van der Waals surface area contributed by atoms with Crippen LogP contribution in [0.4, 0.5) is 0 Å². The van der Waals surface area contributed by atoms with Gasteiger partial charge in [-0.3, -0.25) is 0 Å². The van der Waals surface area contributed by atoms with Crippen LogP contribution in [0.2, 0.25) is 5.02 Å². The summed E-state index contributed by atoms with van der Waals surface area (Å²) in [6.45, 7) is -0.154. The number of sulfonamides is 1. The Morgan fingerprint density at radius 1 is 1.12 bits per heavy atom. The minimum atomic E-state index is -3.61. The van der Waals surface area contributed by atoms with Crippen LogP contribution >= 0.6 is 11.6 Å². The number of hydrogen-bond acceptors (Lipinski definition) is 5. The van der Waals surface area contributed by atoms with E-state index in [2.05, 4.69) is 4.72 Å². The monoisotopic (exact) mass is 385 g/mol. The van der Waals surface area contributed by atoms with Crippen molar-refractivity contribution < 1.29 is 23.0 Å². The molecule has 6 nitrogen and oxygen atoms in total. The maximum atomic E-state index is 12.2. The largest absolute Gasteiger partial charge is 0.493 e. The molecule has 0 saturated heterocycles. The summed E-state index contributed by atoms with van der Waals surface area (Å²) < 4.78 is 37.0. The molecule has 0 aliphatic heterocycles. The van der Waals surface area contributed by atoms with Crippen LogP contribution in [0.25, 0.3) is 0 Å². The molecule has 0 aliphatic rings. The molecule has 0 heterocycles. The van der Waals surface area contributed by atoms with Crippen LogP contribution in [0.1, 0.15) is 17.2 Å².